The second-order valence-corrected chi connectivity index (χ2v) is 15.9. The van der Waals surface area contributed by atoms with Gasteiger partial charge in [-0.1, -0.05) is 133 Å². The van der Waals surface area contributed by atoms with E-state index in [1.807, 2.05) is 0 Å². The molecule has 0 saturated heterocycles. The van der Waals surface area contributed by atoms with Crippen LogP contribution in [-0.4, -0.2) is 4.57 Å². The zero-order valence-corrected chi connectivity index (χ0v) is 31.6. The van der Waals surface area contributed by atoms with Gasteiger partial charge in [-0.15, -0.1) is 0 Å². The van der Waals surface area contributed by atoms with E-state index >= 15 is 0 Å². The van der Waals surface area contributed by atoms with Gasteiger partial charge in [-0.3, -0.25) is 0 Å². The first-order chi connectivity index (χ1) is 27.8. The maximum atomic E-state index is 2.57. The van der Waals surface area contributed by atoms with Crippen molar-refractivity contribution in [2.24, 2.45) is 0 Å². The summed E-state index contributed by atoms with van der Waals surface area (Å²) in [7, 11) is 0. The summed E-state index contributed by atoms with van der Waals surface area (Å²) in [6.07, 6.45) is 18.9. The lowest BCUT2D eigenvalue weighted by molar-refractivity contribution is 0.597. The molecule has 0 N–H and O–H groups in total. The molecule has 0 bridgehead atoms. The SMILES string of the molecule is C1=C(C2=CC=C3C(C2)c2ccccc2N3C2=CCCC(c3ccccc3)=C2)CCC(c2ccc3c(c2)c2ccccc2n3-c2ccc(-c3ccccc3)cc2)C1. The maximum Gasteiger partial charge on any atom is 0.0541 e. The highest BCUT2D eigenvalue weighted by atomic mass is 15.2. The first kappa shape index (κ1) is 33.0. The predicted molar refractivity (Wildman–Crippen MR) is 235 cm³/mol. The number of fused-ring (bicyclic) bond motifs is 6. The molecular weight excluding hydrogens is 677 g/mol. The van der Waals surface area contributed by atoms with Crippen LogP contribution in [0.15, 0.2) is 205 Å². The molecule has 0 saturated carbocycles. The molecule has 11 rings (SSSR count). The third kappa shape index (κ3) is 5.63. The van der Waals surface area contributed by atoms with Crippen molar-refractivity contribution in [2.45, 2.75) is 50.4 Å². The first-order valence-corrected chi connectivity index (χ1v) is 20.4. The second kappa shape index (κ2) is 13.7. The van der Waals surface area contributed by atoms with Gasteiger partial charge in [0.05, 0.1) is 11.0 Å². The summed E-state index contributed by atoms with van der Waals surface area (Å²) in [5.74, 6) is 0.910. The molecule has 4 aliphatic rings. The summed E-state index contributed by atoms with van der Waals surface area (Å²) in [6.45, 7) is 0. The zero-order valence-electron chi connectivity index (χ0n) is 31.6. The van der Waals surface area contributed by atoms with Crippen LogP contribution in [0.4, 0.5) is 5.69 Å². The number of nitrogens with zero attached hydrogens (tertiary/aromatic N) is 2. The van der Waals surface area contributed by atoms with Gasteiger partial charge in [0, 0.05) is 39.5 Å². The average molecular weight is 721 g/mol. The smallest absolute Gasteiger partial charge is 0.0541 e. The van der Waals surface area contributed by atoms with Crippen LogP contribution in [0, 0.1) is 0 Å². The fourth-order valence-corrected chi connectivity index (χ4v) is 9.95. The van der Waals surface area contributed by atoms with Crippen LogP contribution in [0.2, 0.25) is 0 Å². The monoisotopic (exact) mass is 720 g/mol. The molecule has 0 radical (unpaired) electrons. The van der Waals surface area contributed by atoms with Gasteiger partial charge >= 0.3 is 0 Å². The normalized spacial score (nSPS) is 19.1. The molecule has 1 aliphatic heterocycles. The van der Waals surface area contributed by atoms with Crippen molar-refractivity contribution in [3.8, 4) is 16.8 Å². The molecular formula is C54H44N2. The number of allylic oxidation sites excluding steroid dienone is 9. The molecule has 2 atom stereocenters. The van der Waals surface area contributed by atoms with E-state index in [-0.39, 0.29) is 0 Å². The standard InChI is InChI=1S/C54H44N2/c1-3-12-37(13-4-1)39-26-30-45(31-27-39)55-51-20-9-7-18-47(51)49-35-43(28-32-53(49)55)40-22-24-41(25-23-40)44-29-33-54-50(36-44)48-19-8-10-21-52(48)56(54)46-17-11-16-42(34-46)38-14-5-2-6-15-38/h1-10,12-15,17-21,24,26-35,40,50H,11,16,22-23,25,36H2. The first-order valence-electron chi connectivity index (χ1n) is 20.4. The third-order valence-electron chi connectivity index (χ3n) is 12.8. The van der Waals surface area contributed by atoms with Gasteiger partial charge in [-0.05, 0) is 138 Å². The van der Waals surface area contributed by atoms with E-state index < -0.39 is 0 Å². The topological polar surface area (TPSA) is 8.17 Å². The molecule has 2 heterocycles. The Morgan fingerprint density at radius 1 is 0.536 bits per heavy atom. The Kier molecular flexibility index (Phi) is 8.09. The summed E-state index contributed by atoms with van der Waals surface area (Å²) in [5.41, 5.74) is 19.0. The highest BCUT2D eigenvalue weighted by Gasteiger charge is 2.37. The highest BCUT2D eigenvalue weighted by molar-refractivity contribution is 6.09. The van der Waals surface area contributed by atoms with Gasteiger partial charge in [0.2, 0.25) is 0 Å². The molecule has 56 heavy (non-hydrogen) atoms. The summed E-state index contributed by atoms with van der Waals surface area (Å²) in [6, 6.07) is 55.8. The van der Waals surface area contributed by atoms with E-state index in [0.29, 0.717) is 11.8 Å². The van der Waals surface area contributed by atoms with Gasteiger partial charge in [-0.25, -0.2) is 0 Å². The van der Waals surface area contributed by atoms with E-state index in [4.69, 9.17) is 0 Å². The van der Waals surface area contributed by atoms with Crippen LogP contribution < -0.4 is 4.90 Å². The minimum absolute atomic E-state index is 0.385. The molecule has 2 unspecified atom stereocenters. The minimum atomic E-state index is 0.385. The Bertz CT molecular complexity index is 2790. The molecule has 7 aromatic rings. The number of hydrogen-bond acceptors (Lipinski definition) is 1. The van der Waals surface area contributed by atoms with Gasteiger partial charge in [-0.2, -0.15) is 0 Å². The largest absolute Gasteiger partial charge is 0.314 e. The van der Waals surface area contributed by atoms with Gasteiger partial charge < -0.3 is 9.47 Å². The molecule has 2 nitrogen and oxygen atoms in total. The molecule has 6 aromatic carbocycles. The fourth-order valence-electron chi connectivity index (χ4n) is 9.95. The van der Waals surface area contributed by atoms with Crippen LogP contribution in [0.25, 0.3) is 44.2 Å². The van der Waals surface area contributed by atoms with E-state index in [0.717, 1.165) is 32.1 Å². The van der Waals surface area contributed by atoms with Crippen molar-refractivity contribution >= 4 is 33.1 Å². The number of benzene rings is 6. The van der Waals surface area contributed by atoms with Crippen LogP contribution in [0.1, 0.15) is 67.1 Å². The Hall–Kier alpha value is -6.38. The van der Waals surface area contributed by atoms with Crippen molar-refractivity contribution in [1.29, 1.82) is 0 Å². The molecule has 3 aliphatic carbocycles. The molecule has 1 aromatic heterocycles. The Morgan fingerprint density at radius 3 is 2.09 bits per heavy atom. The third-order valence-corrected chi connectivity index (χ3v) is 12.8. The average Bonchev–Trinajstić information content (AvgIpc) is 3.79. The number of para-hydroxylation sites is 2. The Balaban J connectivity index is 0.868. The lowest BCUT2D eigenvalue weighted by Crippen LogP contribution is -2.21. The van der Waals surface area contributed by atoms with E-state index in [2.05, 4.69) is 192 Å². The van der Waals surface area contributed by atoms with Crippen molar-refractivity contribution < 1.29 is 0 Å². The zero-order chi connectivity index (χ0) is 37.0. The molecule has 270 valence electrons. The number of anilines is 1. The van der Waals surface area contributed by atoms with Crippen LogP contribution >= 0.6 is 0 Å². The summed E-state index contributed by atoms with van der Waals surface area (Å²) < 4.78 is 2.44. The highest BCUT2D eigenvalue weighted by Crippen LogP contribution is 2.52. The van der Waals surface area contributed by atoms with Crippen LogP contribution in [0.3, 0.4) is 0 Å². The quantitative estimate of drug-likeness (QED) is 0.166. The van der Waals surface area contributed by atoms with Crippen LogP contribution in [0.5, 0.6) is 0 Å². The van der Waals surface area contributed by atoms with Crippen molar-refractivity contribution in [3.05, 3.63) is 221 Å². The lowest BCUT2D eigenvalue weighted by Gasteiger charge is -2.30. The second-order valence-electron chi connectivity index (χ2n) is 15.9. The van der Waals surface area contributed by atoms with Gasteiger partial charge in [0.15, 0.2) is 0 Å². The van der Waals surface area contributed by atoms with E-state index in [1.54, 1.807) is 5.57 Å². The lowest BCUT2D eigenvalue weighted by atomic mass is 9.78. The van der Waals surface area contributed by atoms with E-state index in [1.165, 1.54) is 90.0 Å². The Morgan fingerprint density at radius 2 is 1.27 bits per heavy atom. The fraction of sp³-hybridized carbons (Fsp3) is 0.148. The van der Waals surface area contributed by atoms with E-state index in [9.17, 15) is 0 Å². The molecule has 0 amide bonds. The van der Waals surface area contributed by atoms with Crippen molar-refractivity contribution in [1.82, 2.24) is 4.57 Å². The molecule has 0 fully saturated rings. The van der Waals surface area contributed by atoms with Gasteiger partial charge in [0.1, 0.15) is 0 Å². The molecule has 2 heteroatoms. The summed E-state index contributed by atoms with van der Waals surface area (Å²) in [5, 5.41) is 2.66. The van der Waals surface area contributed by atoms with Crippen molar-refractivity contribution in [2.75, 3.05) is 4.90 Å². The summed E-state index contributed by atoms with van der Waals surface area (Å²) >= 11 is 0. The maximum absolute atomic E-state index is 2.57. The minimum Gasteiger partial charge on any atom is -0.314 e. The van der Waals surface area contributed by atoms with Gasteiger partial charge in [0.25, 0.3) is 0 Å². The van der Waals surface area contributed by atoms with Crippen LogP contribution in [-0.2, 0) is 0 Å². The molecule has 0 spiro atoms. The number of hydrogen-bond donors (Lipinski definition) is 0. The van der Waals surface area contributed by atoms with Crippen molar-refractivity contribution in [3.63, 3.8) is 0 Å². The Labute approximate surface area is 329 Å². The number of rotatable bonds is 6. The summed E-state index contributed by atoms with van der Waals surface area (Å²) in [4.78, 5) is 2.55. The number of aromatic nitrogens is 1. The predicted octanol–water partition coefficient (Wildman–Crippen LogP) is 14.2.